The van der Waals surface area contributed by atoms with Gasteiger partial charge in [0, 0.05) is 57.3 Å². The standard InChI is InChI=1S/C14H20N4O4S2/c1-16(2)24(21,22)9-10-6-17(8-12(10)19)7-11-5-13(20)18-3-4-23-14(18)15-11/h3-5,10,12,19H,6-9H2,1-2H3/t10-,12-/m0/s1. The van der Waals surface area contributed by atoms with Crippen LogP contribution in [-0.4, -0.2) is 71.2 Å². The second kappa shape index (κ2) is 6.52. The summed E-state index contributed by atoms with van der Waals surface area (Å²) in [6, 6.07) is 1.48. The molecule has 8 nitrogen and oxygen atoms in total. The van der Waals surface area contributed by atoms with E-state index in [9.17, 15) is 18.3 Å². The van der Waals surface area contributed by atoms with Gasteiger partial charge in [0.2, 0.25) is 10.0 Å². The van der Waals surface area contributed by atoms with Crippen LogP contribution in [0, 0.1) is 5.92 Å². The number of aliphatic hydroxyl groups excluding tert-OH is 1. The Labute approximate surface area is 144 Å². The third kappa shape index (κ3) is 3.52. The van der Waals surface area contributed by atoms with E-state index in [2.05, 4.69) is 4.98 Å². The molecule has 1 fully saturated rings. The molecule has 3 rings (SSSR count). The molecule has 2 atom stereocenters. The van der Waals surface area contributed by atoms with Gasteiger partial charge < -0.3 is 5.11 Å². The van der Waals surface area contributed by atoms with Gasteiger partial charge in [0.25, 0.3) is 5.56 Å². The zero-order valence-electron chi connectivity index (χ0n) is 13.5. The van der Waals surface area contributed by atoms with Gasteiger partial charge in [-0.1, -0.05) is 0 Å². The van der Waals surface area contributed by atoms with E-state index in [1.54, 1.807) is 11.6 Å². The molecule has 0 bridgehead atoms. The van der Waals surface area contributed by atoms with Crippen molar-refractivity contribution >= 4 is 26.3 Å². The molecule has 1 N–H and O–H groups in total. The van der Waals surface area contributed by atoms with E-state index in [1.807, 2.05) is 4.90 Å². The summed E-state index contributed by atoms with van der Waals surface area (Å²) in [6.07, 6.45) is 0.979. The summed E-state index contributed by atoms with van der Waals surface area (Å²) >= 11 is 1.38. The first kappa shape index (κ1) is 17.5. The molecule has 2 aromatic rings. The van der Waals surface area contributed by atoms with Crippen LogP contribution in [0.15, 0.2) is 22.4 Å². The zero-order valence-corrected chi connectivity index (χ0v) is 15.1. The molecular formula is C14H20N4O4S2. The van der Waals surface area contributed by atoms with Crippen LogP contribution in [0.25, 0.3) is 4.96 Å². The van der Waals surface area contributed by atoms with Crippen molar-refractivity contribution in [2.45, 2.75) is 12.6 Å². The highest BCUT2D eigenvalue weighted by atomic mass is 32.2. The number of β-amino-alcohol motifs (C(OH)–C–C–N with tert-alkyl or cyclic N) is 1. The van der Waals surface area contributed by atoms with Crippen LogP contribution < -0.4 is 5.56 Å². The molecule has 2 aromatic heterocycles. The first-order valence-electron chi connectivity index (χ1n) is 7.52. The first-order chi connectivity index (χ1) is 11.3. The fourth-order valence-corrected chi connectivity index (χ4v) is 4.76. The van der Waals surface area contributed by atoms with Crippen molar-refractivity contribution in [1.29, 1.82) is 0 Å². The van der Waals surface area contributed by atoms with E-state index in [1.165, 1.54) is 40.2 Å². The van der Waals surface area contributed by atoms with Crippen LogP contribution in [0.5, 0.6) is 0 Å². The molecule has 24 heavy (non-hydrogen) atoms. The highest BCUT2D eigenvalue weighted by molar-refractivity contribution is 7.89. The third-order valence-electron chi connectivity index (χ3n) is 4.20. The van der Waals surface area contributed by atoms with Gasteiger partial charge in [-0.05, 0) is 0 Å². The maximum Gasteiger partial charge on any atom is 0.258 e. The fourth-order valence-electron chi connectivity index (χ4n) is 2.85. The number of hydrogen-bond acceptors (Lipinski definition) is 7. The molecule has 1 saturated heterocycles. The monoisotopic (exact) mass is 372 g/mol. The molecule has 1 aliphatic rings. The van der Waals surface area contributed by atoms with Crippen molar-refractivity contribution in [3.63, 3.8) is 0 Å². The summed E-state index contributed by atoms with van der Waals surface area (Å²) in [4.78, 5) is 19.0. The molecular weight excluding hydrogens is 352 g/mol. The van der Waals surface area contributed by atoms with Crippen molar-refractivity contribution in [2.75, 3.05) is 32.9 Å². The van der Waals surface area contributed by atoms with E-state index < -0.39 is 16.1 Å². The third-order valence-corrected chi connectivity index (χ3v) is 6.92. The highest BCUT2D eigenvalue weighted by Gasteiger charge is 2.35. The van der Waals surface area contributed by atoms with Gasteiger partial charge in [-0.2, -0.15) is 0 Å². The molecule has 10 heteroatoms. The van der Waals surface area contributed by atoms with Crippen molar-refractivity contribution in [3.8, 4) is 0 Å². The lowest BCUT2D eigenvalue weighted by Crippen LogP contribution is -2.33. The molecule has 1 aliphatic heterocycles. The minimum atomic E-state index is -3.36. The number of rotatable bonds is 5. The van der Waals surface area contributed by atoms with E-state index in [0.29, 0.717) is 30.3 Å². The Morgan fingerprint density at radius 1 is 1.42 bits per heavy atom. The van der Waals surface area contributed by atoms with Gasteiger partial charge in [-0.25, -0.2) is 17.7 Å². The van der Waals surface area contributed by atoms with Gasteiger partial charge in [0.1, 0.15) is 0 Å². The maximum atomic E-state index is 12.0. The number of nitrogens with zero attached hydrogens (tertiary/aromatic N) is 4. The zero-order chi connectivity index (χ0) is 17.5. The molecule has 3 heterocycles. The quantitative estimate of drug-likeness (QED) is 0.756. The first-order valence-corrected chi connectivity index (χ1v) is 10.0. The lowest BCUT2D eigenvalue weighted by Gasteiger charge is -2.17. The number of thiazole rings is 1. The van der Waals surface area contributed by atoms with Crippen LogP contribution in [0.4, 0.5) is 0 Å². The van der Waals surface area contributed by atoms with Crippen LogP contribution in [-0.2, 0) is 16.6 Å². The van der Waals surface area contributed by atoms with Crippen LogP contribution in [0.2, 0.25) is 0 Å². The van der Waals surface area contributed by atoms with Crippen molar-refractivity contribution in [2.24, 2.45) is 5.92 Å². The van der Waals surface area contributed by atoms with Crippen molar-refractivity contribution in [3.05, 3.63) is 33.7 Å². The topological polar surface area (TPSA) is 95.2 Å². The summed E-state index contributed by atoms with van der Waals surface area (Å²) in [5.74, 6) is -0.429. The van der Waals surface area contributed by atoms with Gasteiger partial charge in [-0.3, -0.25) is 14.1 Å². The fraction of sp³-hybridized carbons (Fsp3) is 0.571. The Morgan fingerprint density at radius 3 is 2.88 bits per heavy atom. The molecule has 132 valence electrons. The van der Waals surface area contributed by atoms with E-state index in [-0.39, 0.29) is 17.2 Å². The molecule has 0 amide bonds. The van der Waals surface area contributed by atoms with Gasteiger partial charge >= 0.3 is 0 Å². The molecule has 0 saturated carbocycles. The minimum Gasteiger partial charge on any atom is -0.391 e. The second-order valence-corrected chi connectivity index (χ2v) is 9.32. The Kier molecular flexibility index (Phi) is 4.76. The SMILES string of the molecule is CN(C)S(=O)(=O)C[C@@H]1CN(Cc2cc(=O)n3ccsc3n2)C[C@@H]1O. The Hall–Kier alpha value is -1.33. The van der Waals surface area contributed by atoms with Crippen molar-refractivity contribution < 1.29 is 13.5 Å². The van der Waals surface area contributed by atoms with Gasteiger partial charge in [0.15, 0.2) is 4.96 Å². The number of hydrogen-bond donors (Lipinski definition) is 1. The highest BCUT2D eigenvalue weighted by Crippen LogP contribution is 2.21. The Balaban J connectivity index is 1.71. The van der Waals surface area contributed by atoms with E-state index in [0.717, 1.165) is 0 Å². The molecule has 0 aromatic carbocycles. The number of aliphatic hydroxyl groups is 1. The summed E-state index contributed by atoms with van der Waals surface area (Å²) < 4.78 is 26.7. The molecule has 0 spiro atoms. The number of fused-ring (bicyclic) bond motifs is 1. The summed E-state index contributed by atoms with van der Waals surface area (Å²) in [5.41, 5.74) is 0.494. The van der Waals surface area contributed by atoms with E-state index in [4.69, 9.17) is 0 Å². The lowest BCUT2D eigenvalue weighted by molar-refractivity contribution is 0.148. The largest absolute Gasteiger partial charge is 0.391 e. The summed E-state index contributed by atoms with van der Waals surface area (Å²) in [6.45, 7) is 1.25. The smallest absolute Gasteiger partial charge is 0.258 e. The Morgan fingerprint density at radius 2 is 2.17 bits per heavy atom. The predicted molar refractivity (Wildman–Crippen MR) is 91.6 cm³/mol. The summed E-state index contributed by atoms with van der Waals surface area (Å²) in [7, 11) is -0.383. The normalized spacial score (nSPS) is 22.7. The predicted octanol–water partition coefficient (Wildman–Crippen LogP) is -0.560. The molecule has 0 radical (unpaired) electrons. The molecule has 0 unspecified atom stereocenters. The maximum absolute atomic E-state index is 12.0. The number of aromatic nitrogens is 2. The van der Waals surface area contributed by atoms with Crippen LogP contribution in [0.1, 0.15) is 5.69 Å². The van der Waals surface area contributed by atoms with Crippen LogP contribution in [0.3, 0.4) is 0 Å². The number of sulfonamides is 1. The minimum absolute atomic E-state index is 0.0856. The van der Waals surface area contributed by atoms with Gasteiger partial charge in [-0.15, -0.1) is 11.3 Å². The van der Waals surface area contributed by atoms with Gasteiger partial charge in [0.05, 0.1) is 17.6 Å². The number of likely N-dealkylation sites (tertiary alicyclic amines) is 1. The summed E-state index contributed by atoms with van der Waals surface area (Å²) in [5, 5.41) is 12.0. The Bertz CT molecular complexity index is 890. The van der Waals surface area contributed by atoms with Crippen molar-refractivity contribution in [1.82, 2.24) is 18.6 Å². The molecule has 0 aliphatic carbocycles. The average Bonchev–Trinajstić information content (AvgIpc) is 3.06. The lowest BCUT2D eigenvalue weighted by atomic mass is 10.1. The second-order valence-electron chi connectivity index (χ2n) is 6.22. The van der Waals surface area contributed by atoms with Crippen LogP contribution >= 0.6 is 11.3 Å². The average molecular weight is 372 g/mol. The van der Waals surface area contributed by atoms with E-state index >= 15 is 0 Å².